The van der Waals surface area contributed by atoms with E-state index in [0.29, 0.717) is 6.42 Å². The third-order valence-corrected chi connectivity index (χ3v) is 4.07. The third-order valence-electron chi connectivity index (χ3n) is 4.07. The van der Waals surface area contributed by atoms with E-state index < -0.39 is 0 Å². The molecule has 2 heterocycles. The Balaban J connectivity index is 1.50. The van der Waals surface area contributed by atoms with E-state index in [-0.39, 0.29) is 17.9 Å². The highest BCUT2D eigenvalue weighted by atomic mass is 16.2. The molecule has 1 atom stereocenters. The molecule has 1 unspecified atom stereocenters. The molecule has 0 aliphatic carbocycles. The van der Waals surface area contributed by atoms with Gasteiger partial charge in [-0.15, -0.1) is 0 Å². The number of carbonyl (C=O) groups excluding carboxylic acids is 2. The van der Waals surface area contributed by atoms with Crippen LogP contribution in [-0.4, -0.2) is 60.4 Å². The largest absolute Gasteiger partial charge is 0.336 e. The number of carbonyl (C=O) groups is 2. The summed E-state index contributed by atoms with van der Waals surface area (Å²) < 4.78 is 0. The van der Waals surface area contributed by atoms with E-state index in [1.807, 2.05) is 35.2 Å². The smallest absolute Gasteiger partial charge is 0.317 e. The molecule has 2 saturated heterocycles. The first kappa shape index (κ1) is 13.1. The van der Waals surface area contributed by atoms with Crippen LogP contribution in [0.5, 0.6) is 0 Å². The Morgan fingerprint density at radius 2 is 2.05 bits per heavy atom. The molecule has 0 saturated carbocycles. The van der Waals surface area contributed by atoms with Crippen LogP contribution < -0.4 is 5.32 Å². The average molecular weight is 273 g/mol. The molecular weight excluding hydrogens is 254 g/mol. The van der Waals surface area contributed by atoms with E-state index in [1.165, 1.54) is 0 Å². The number of fused-ring (bicyclic) bond motifs is 1. The second-order valence-electron chi connectivity index (χ2n) is 5.37. The molecule has 1 N–H and O–H groups in total. The summed E-state index contributed by atoms with van der Waals surface area (Å²) in [6.45, 7) is 3.97. The normalized spacial score (nSPS) is 22.5. The van der Waals surface area contributed by atoms with Crippen molar-refractivity contribution in [2.75, 3.05) is 32.7 Å². The fourth-order valence-electron chi connectivity index (χ4n) is 2.90. The second kappa shape index (κ2) is 5.63. The maximum atomic E-state index is 12.1. The summed E-state index contributed by atoms with van der Waals surface area (Å²) in [5.74, 6) is 0.189. The highest BCUT2D eigenvalue weighted by Gasteiger charge is 2.35. The number of nitrogens with zero attached hydrogens (tertiary/aromatic N) is 2. The van der Waals surface area contributed by atoms with Crippen molar-refractivity contribution in [2.24, 2.45) is 0 Å². The van der Waals surface area contributed by atoms with Gasteiger partial charge in [0.25, 0.3) is 0 Å². The van der Waals surface area contributed by atoms with Crippen LogP contribution in [0.1, 0.15) is 16.8 Å². The first-order valence-electron chi connectivity index (χ1n) is 7.09. The molecule has 2 amide bonds. The van der Waals surface area contributed by atoms with Gasteiger partial charge < -0.3 is 10.2 Å². The summed E-state index contributed by atoms with van der Waals surface area (Å²) in [5.41, 5.74) is 0.781. The number of Topliss-reactive ketones (excluding diaryl/α,β-unsaturated/α-hetero) is 1. The standard InChI is InChI=1S/C15H19N3O2/c19-14(12-4-2-1-3-5-12)6-7-17-8-9-18-13(11-17)10-16-15(18)20/h1-5,13H,6-11H2,(H,16,20). The molecule has 2 fully saturated rings. The molecule has 5 heteroatoms. The molecule has 2 aliphatic rings. The minimum Gasteiger partial charge on any atom is -0.336 e. The predicted molar refractivity (Wildman–Crippen MR) is 75.7 cm³/mol. The zero-order chi connectivity index (χ0) is 13.9. The summed E-state index contributed by atoms with van der Waals surface area (Å²) in [6.07, 6.45) is 0.540. The van der Waals surface area contributed by atoms with E-state index in [9.17, 15) is 9.59 Å². The van der Waals surface area contributed by atoms with Gasteiger partial charge in [-0.25, -0.2) is 4.79 Å². The number of ketones is 1. The third kappa shape index (κ3) is 2.67. The van der Waals surface area contributed by atoms with Gasteiger partial charge in [0.1, 0.15) is 0 Å². The van der Waals surface area contributed by atoms with Gasteiger partial charge in [-0.2, -0.15) is 0 Å². The number of urea groups is 1. The Kier molecular flexibility index (Phi) is 3.69. The number of hydrogen-bond acceptors (Lipinski definition) is 3. The van der Waals surface area contributed by atoms with E-state index in [4.69, 9.17) is 0 Å². The van der Waals surface area contributed by atoms with Crippen LogP contribution in [-0.2, 0) is 0 Å². The Hall–Kier alpha value is -1.88. The molecule has 0 aromatic heterocycles. The highest BCUT2D eigenvalue weighted by Crippen LogP contribution is 2.14. The molecule has 20 heavy (non-hydrogen) atoms. The van der Waals surface area contributed by atoms with Crippen molar-refractivity contribution in [2.45, 2.75) is 12.5 Å². The van der Waals surface area contributed by atoms with Gasteiger partial charge in [-0.1, -0.05) is 30.3 Å². The predicted octanol–water partition coefficient (Wildman–Crippen LogP) is 0.969. The second-order valence-corrected chi connectivity index (χ2v) is 5.37. The number of rotatable bonds is 4. The molecule has 5 nitrogen and oxygen atoms in total. The lowest BCUT2D eigenvalue weighted by Crippen LogP contribution is -2.52. The van der Waals surface area contributed by atoms with Gasteiger partial charge in [0.15, 0.2) is 5.78 Å². The number of nitrogens with one attached hydrogen (secondary N) is 1. The van der Waals surface area contributed by atoms with Crippen molar-refractivity contribution in [3.8, 4) is 0 Å². The molecule has 106 valence electrons. The number of benzene rings is 1. The van der Waals surface area contributed by atoms with Crippen LogP contribution in [0, 0.1) is 0 Å². The molecule has 2 aliphatic heterocycles. The van der Waals surface area contributed by atoms with E-state index in [2.05, 4.69) is 10.2 Å². The molecule has 1 aromatic carbocycles. The van der Waals surface area contributed by atoms with Crippen molar-refractivity contribution in [1.29, 1.82) is 0 Å². The monoisotopic (exact) mass is 273 g/mol. The lowest BCUT2D eigenvalue weighted by atomic mass is 10.1. The molecule has 1 aromatic rings. The zero-order valence-electron chi connectivity index (χ0n) is 11.4. The van der Waals surface area contributed by atoms with Gasteiger partial charge in [0.05, 0.1) is 6.04 Å². The summed E-state index contributed by atoms with van der Waals surface area (Å²) >= 11 is 0. The van der Waals surface area contributed by atoms with Gasteiger partial charge in [0.2, 0.25) is 0 Å². The van der Waals surface area contributed by atoms with Gasteiger partial charge in [-0.05, 0) is 0 Å². The number of piperazine rings is 1. The summed E-state index contributed by atoms with van der Waals surface area (Å²) in [6, 6.07) is 9.74. The van der Waals surface area contributed by atoms with Crippen molar-refractivity contribution in [1.82, 2.24) is 15.1 Å². The fraction of sp³-hybridized carbons (Fsp3) is 0.467. The lowest BCUT2D eigenvalue weighted by molar-refractivity contribution is 0.0914. The Labute approximate surface area is 118 Å². The minimum atomic E-state index is 0.0509. The van der Waals surface area contributed by atoms with Crippen molar-refractivity contribution in [3.05, 3.63) is 35.9 Å². The molecule has 0 bridgehead atoms. The molecule has 3 rings (SSSR count). The Morgan fingerprint density at radius 1 is 1.25 bits per heavy atom. The van der Waals surface area contributed by atoms with E-state index >= 15 is 0 Å². The van der Waals surface area contributed by atoms with Crippen molar-refractivity contribution >= 4 is 11.8 Å². The first-order chi connectivity index (χ1) is 9.74. The van der Waals surface area contributed by atoms with Crippen LogP contribution in [0.4, 0.5) is 4.79 Å². The highest BCUT2D eigenvalue weighted by molar-refractivity contribution is 5.96. The first-order valence-corrected chi connectivity index (χ1v) is 7.09. The topological polar surface area (TPSA) is 52.7 Å². The van der Waals surface area contributed by atoms with Gasteiger partial charge in [0, 0.05) is 44.7 Å². The SMILES string of the molecule is O=C(CCN1CCN2C(=O)NCC2C1)c1ccccc1. The van der Waals surface area contributed by atoms with Crippen LogP contribution in [0.15, 0.2) is 30.3 Å². The summed E-state index contributed by atoms with van der Waals surface area (Å²) in [4.78, 5) is 27.8. The lowest BCUT2D eigenvalue weighted by Gasteiger charge is -2.36. The summed E-state index contributed by atoms with van der Waals surface area (Å²) in [5, 5.41) is 2.87. The maximum Gasteiger partial charge on any atom is 0.317 e. The van der Waals surface area contributed by atoms with Crippen LogP contribution >= 0.6 is 0 Å². The zero-order valence-corrected chi connectivity index (χ0v) is 11.4. The maximum absolute atomic E-state index is 12.1. The Morgan fingerprint density at radius 3 is 2.85 bits per heavy atom. The summed E-state index contributed by atoms with van der Waals surface area (Å²) in [7, 11) is 0. The average Bonchev–Trinajstić information content (AvgIpc) is 2.87. The quantitative estimate of drug-likeness (QED) is 0.832. The van der Waals surface area contributed by atoms with Crippen molar-refractivity contribution in [3.63, 3.8) is 0 Å². The van der Waals surface area contributed by atoms with E-state index in [1.54, 1.807) is 0 Å². The fourth-order valence-corrected chi connectivity index (χ4v) is 2.90. The molecule has 0 radical (unpaired) electrons. The van der Waals surface area contributed by atoms with Crippen LogP contribution in [0.2, 0.25) is 0 Å². The molecular formula is C15H19N3O2. The Bertz CT molecular complexity index is 503. The van der Waals surface area contributed by atoms with Gasteiger partial charge in [-0.3, -0.25) is 9.69 Å². The van der Waals surface area contributed by atoms with Gasteiger partial charge >= 0.3 is 6.03 Å². The number of hydrogen-bond donors (Lipinski definition) is 1. The molecule has 0 spiro atoms. The number of amides is 2. The van der Waals surface area contributed by atoms with Crippen molar-refractivity contribution < 1.29 is 9.59 Å². The van der Waals surface area contributed by atoms with Crippen LogP contribution in [0.3, 0.4) is 0 Å². The van der Waals surface area contributed by atoms with E-state index in [0.717, 1.165) is 38.3 Å². The minimum absolute atomic E-state index is 0.0509. The van der Waals surface area contributed by atoms with Crippen LogP contribution in [0.25, 0.3) is 0 Å².